The van der Waals surface area contributed by atoms with E-state index in [4.69, 9.17) is 30.8 Å². The molecule has 112 valence electrons. The largest absolute Gasteiger partial charge is 0.493 e. The van der Waals surface area contributed by atoms with Crippen LogP contribution in [0.15, 0.2) is 22.4 Å². The molecule has 0 fully saturated rings. The van der Waals surface area contributed by atoms with Crippen LogP contribution in [-0.2, 0) is 18.1 Å². The van der Waals surface area contributed by atoms with Crippen LogP contribution >= 0.6 is 21.4 Å². The summed E-state index contributed by atoms with van der Waals surface area (Å²) in [5.41, 5.74) is 0.00174. The zero-order valence-electron chi connectivity index (χ0n) is 10.3. The Bertz CT molecular complexity index is 737. The molecule has 0 saturated heterocycles. The highest BCUT2D eigenvalue weighted by Gasteiger charge is 2.19. The average Bonchev–Trinajstić information content (AvgIpc) is 2.33. The van der Waals surface area contributed by atoms with Gasteiger partial charge in [-0.3, -0.25) is 0 Å². The molecule has 1 rings (SSSR count). The van der Waals surface area contributed by atoms with E-state index in [0.29, 0.717) is 5.41 Å². The Kier molecular flexibility index (Phi) is 5.31. The minimum absolute atomic E-state index is 0.00174. The smallest absolute Gasteiger partial charge is 0.262 e. The Morgan fingerprint density at radius 3 is 1.90 bits per heavy atom. The van der Waals surface area contributed by atoms with Crippen molar-refractivity contribution in [3.8, 4) is 11.5 Å². The third-order valence-corrected chi connectivity index (χ3v) is 4.34. The number of methoxy groups -OCH3 is 2. The lowest BCUT2D eigenvalue weighted by molar-refractivity contribution is 0.354. The Morgan fingerprint density at radius 1 is 1.00 bits per heavy atom. The molecule has 0 radical (unpaired) electrons. The van der Waals surface area contributed by atoms with Gasteiger partial charge in [0.2, 0.25) is 0 Å². The summed E-state index contributed by atoms with van der Waals surface area (Å²) >= 11 is 0. The summed E-state index contributed by atoms with van der Waals surface area (Å²) in [5.74, 6) is 0.348. The van der Waals surface area contributed by atoms with Crippen LogP contribution in [0, 0.1) is 0 Å². The first-order valence-electron chi connectivity index (χ1n) is 4.92. The van der Waals surface area contributed by atoms with Crippen molar-refractivity contribution in [3.63, 3.8) is 0 Å². The molecule has 0 aromatic heterocycles. The van der Waals surface area contributed by atoms with Gasteiger partial charge < -0.3 is 9.47 Å². The summed E-state index contributed by atoms with van der Waals surface area (Å²) in [4.78, 5) is -0.326. The van der Waals surface area contributed by atoms with Crippen LogP contribution in [0.4, 0.5) is 0 Å². The van der Waals surface area contributed by atoms with Crippen molar-refractivity contribution >= 4 is 45.5 Å². The molecule has 0 saturated carbocycles. The van der Waals surface area contributed by atoms with Crippen LogP contribution in [-0.4, -0.2) is 31.1 Å². The van der Waals surface area contributed by atoms with Crippen LogP contribution in [0.3, 0.4) is 0 Å². The van der Waals surface area contributed by atoms with Gasteiger partial charge in [0.15, 0.2) is 11.5 Å². The van der Waals surface area contributed by atoms with Crippen LogP contribution in [0.2, 0.25) is 0 Å². The van der Waals surface area contributed by atoms with Gasteiger partial charge in [-0.2, -0.15) is 0 Å². The van der Waals surface area contributed by atoms with Gasteiger partial charge in [-0.25, -0.2) is 16.8 Å². The maximum atomic E-state index is 11.5. The van der Waals surface area contributed by atoms with Crippen molar-refractivity contribution in [1.29, 1.82) is 0 Å². The van der Waals surface area contributed by atoms with E-state index in [9.17, 15) is 16.8 Å². The number of rotatable bonds is 5. The fourth-order valence-electron chi connectivity index (χ4n) is 1.37. The Hall–Kier alpha value is -0.960. The molecule has 0 aliphatic rings. The quantitative estimate of drug-likeness (QED) is 0.747. The lowest BCUT2D eigenvalue weighted by atomic mass is 10.2. The summed E-state index contributed by atoms with van der Waals surface area (Å²) < 4.78 is 54.7. The van der Waals surface area contributed by atoms with Crippen molar-refractivity contribution in [2.75, 3.05) is 14.2 Å². The molecule has 0 bridgehead atoms. The number of ether oxygens (including phenoxy) is 2. The molecule has 0 N–H and O–H groups in total. The number of benzene rings is 1. The molecule has 0 spiro atoms. The van der Waals surface area contributed by atoms with E-state index in [1.54, 1.807) is 0 Å². The van der Waals surface area contributed by atoms with Crippen molar-refractivity contribution in [2.24, 2.45) is 0 Å². The van der Waals surface area contributed by atoms with Crippen molar-refractivity contribution in [2.45, 2.75) is 4.90 Å². The predicted molar refractivity (Wildman–Crippen MR) is 76.4 cm³/mol. The first-order chi connectivity index (χ1) is 9.08. The number of hydrogen-bond donors (Lipinski definition) is 0. The minimum atomic E-state index is -4.11. The van der Waals surface area contributed by atoms with Gasteiger partial charge in [-0.1, -0.05) is 0 Å². The van der Waals surface area contributed by atoms with Gasteiger partial charge in [-0.15, -0.1) is 0 Å². The highest BCUT2D eigenvalue weighted by molar-refractivity contribution is 8.16. The van der Waals surface area contributed by atoms with Gasteiger partial charge in [0.25, 0.3) is 18.1 Å². The highest BCUT2D eigenvalue weighted by Crippen LogP contribution is 2.34. The molecule has 20 heavy (non-hydrogen) atoms. The van der Waals surface area contributed by atoms with Gasteiger partial charge in [-0.05, 0) is 17.7 Å². The lowest BCUT2D eigenvalue weighted by Crippen LogP contribution is -1.99. The van der Waals surface area contributed by atoms with E-state index >= 15 is 0 Å². The van der Waals surface area contributed by atoms with Gasteiger partial charge >= 0.3 is 0 Å². The third kappa shape index (κ3) is 4.55. The van der Waals surface area contributed by atoms with E-state index in [2.05, 4.69) is 0 Å². The Morgan fingerprint density at radius 2 is 1.50 bits per heavy atom. The van der Waals surface area contributed by atoms with Crippen molar-refractivity contribution in [3.05, 3.63) is 23.1 Å². The van der Waals surface area contributed by atoms with Crippen LogP contribution < -0.4 is 9.47 Å². The zero-order chi connectivity index (χ0) is 15.6. The monoisotopic (exact) mass is 360 g/mol. The molecule has 0 heterocycles. The highest BCUT2D eigenvalue weighted by atomic mass is 35.7. The van der Waals surface area contributed by atoms with Gasteiger partial charge in [0, 0.05) is 32.8 Å². The molecule has 0 unspecified atom stereocenters. The van der Waals surface area contributed by atoms with Crippen LogP contribution in [0.1, 0.15) is 5.56 Å². The van der Waals surface area contributed by atoms with Gasteiger partial charge in [0.1, 0.15) is 0 Å². The second-order valence-corrected chi connectivity index (χ2v) is 8.51. The molecule has 1 aromatic rings. The second-order valence-electron chi connectivity index (χ2n) is 3.46. The SMILES string of the molecule is COc1cc(/C=C/S(=O)(=O)Cl)c(S(=O)(=O)Cl)cc1OC. The predicted octanol–water partition coefficient (Wildman–Crippen LogP) is 2.17. The minimum Gasteiger partial charge on any atom is -0.493 e. The molecule has 0 atom stereocenters. The molecular weight excluding hydrogens is 351 g/mol. The zero-order valence-corrected chi connectivity index (χ0v) is 13.5. The normalized spacial score (nSPS) is 12.6. The second kappa shape index (κ2) is 6.21. The Balaban J connectivity index is 3.60. The van der Waals surface area contributed by atoms with Gasteiger partial charge in [0.05, 0.1) is 19.1 Å². The summed E-state index contributed by atoms with van der Waals surface area (Å²) in [6.45, 7) is 0. The lowest BCUT2D eigenvalue weighted by Gasteiger charge is -2.11. The van der Waals surface area contributed by atoms with E-state index in [-0.39, 0.29) is 22.0 Å². The maximum absolute atomic E-state index is 11.5. The molecule has 10 heteroatoms. The number of halogens is 2. The molecule has 0 aliphatic carbocycles. The summed E-state index contributed by atoms with van der Waals surface area (Å²) in [7, 11) is 4.94. The fraction of sp³-hybridized carbons (Fsp3) is 0.200. The standard InChI is InChI=1S/C10H10Cl2O6S2/c1-17-8-5-7(3-4-19(11,13)14)10(20(12,15)16)6-9(8)18-2/h3-6H,1-2H3/b4-3+. The summed E-state index contributed by atoms with van der Waals surface area (Å²) in [6, 6.07) is 2.40. The Labute approximate surface area is 125 Å². The van der Waals surface area contributed by atoms with Crippen molar-refractivity contribution in [1.82, 2.24) is 0 Å². The van der Waals surface area contributed by atoms with E-state index in [0.717, 1.165) is 12.1 Å². The summed E-state index contributed by atoms with van der Waals surface area (Å²) in [5, 5.41) is 0.640. The van der Waals surface area contributed by atoms with Crippen molar-refractivity contribution < 1.29 is 26.3 Å². The summed E-state index contributed by atoms with van der Waals surface area (Å²) in [6.07, 6.45) is 1.000. The molecular formula is C10H10Cl2O6S2. The average molecular weight is 361 g/mol. The number of hydrogen-bond acceptors (Lipinski definition) is 6. The van der Waals surface area contributed by atoms with Crippen LogP contribution in [0.25, 0.3) is 6.08 Å². The third-order valence-electron chi connectivity index (χ3n) is 2.19. The molecule has 1 aromatic carbocycles. The topological polar surface area (TPSA) is 86.7 Å². The fourth-order valence-corrected chi connectivity index (χ4v) is 2.89. The first-order valence-corrected chi connectivity index (χ1v) is 9.60. The first kappa shape index (κ1) is 17.1. The maximum Gasteiger partial charge on any atom is 0.262 e. The van der Waals surface area contributed by atoms with E-state index in [1.807, 2.05) is 0 Å². The van der Waals surface area contributed by atoms with E-state index in [1.165, 1.54) is 20.3 Å². The molecule has 6 nitrogen and oxygen atoms in total. The van der Waals surface area contributed by atoms with E-state index < -0.39 is 18.1 Å². The van der Waals surface area contributed by atoms with Crippen LogP contribution in [0.5, 0.6) is 11.5 Å². The molecule has 0 amide bonds. The molecule has 0 aliphatic heterocycles.